The quantitative estimate of drug-likeness (QED) is 0.714. The average Bonchev–Trinajstić information content (AvgIpc) is 2.63. The van der Waals surface area contributed by atoms with Crippen LogP contribution in [-0.2, 0) is 0 Å². The summed E-state index contributed by atoms with van der Waals surface area (Å²) in [6.07, 6.45) is 0. The molecular formula is C21H23N5O. The normalized spacial score (nSPS) is 10.4. The third kappa shape index (κ3) is 4.61. The van der Waals surface area contributed by atoms with Gasteiger partial charge in [-0.05, 0) is 49.7 Å². The molecule has 0 bridgehead atoms. The van der Waals surface area contributed by atoms with Gasteiger partial charge in [0.25, 0.3) is 5.91 Å². The van der Waals surface area contributed by atoms with Gasteiger partial charge < -0.3 is 15.5 Å². The zero-order chi connectivity index (χ0) is 19.4. The summed E-state index contributed by atoms with van der Waals surface area (Å²) < 4.78 is 0. The first-order valence-electron chi connectivity index (χ1n) is 8.69. The van der Waals surface area contributed by atoms with Crippen molar-refractivity contribution in [3.05, 3.63) is 71.7 Å². The summed E-state index contributed by atoms with van der Waals surface area (Å²) in [7, 11) is 3.99. The Labute approximate surface area is 159 Å². The van der Waals surface area contributed by atoms with E-state index in [0.29, 0.717) is 17.3 Å². The van der Waals surface area contributed by atoms with Crippen LogP contribution in [-0.4, -0.2) is 30.0 Å². The minimum Gasteiger partial charge on any atom is -0.378 e. The number of aromatic nitrogens is 2. The summed E-state index contributed by atoms with van der Waals surface area (Å²) in [5, 5.41) is 6.13. The number of para-hydroxylation sites is 1. The van der Waals surface area contributed by atoms with Crippen LogP contribution in [0.3, 0.4) is 0 Å². The lowest BCUT2D eigenvalue weighted by atomic mass is 10.2. The molecule has 27 heavy (non-hydrogen) atoms. The second-order valence-electron chi connectivity index (χ2n) is 6.52. The van der Waals surface area contributed by atoms with E-state index in [1.54, 1.807) is 13.0 Å². The first-order valence-corrected chi connectivity index (χ1v) is 8.69. The van der Waals surface area contributed by atoms with Gasteiger partial charge in [-0.2, -0.15) is 0 Å². The second-order valence-corrected chi connectivity index (χ2v) is 6.52. The van der Waals surface area contributed by atoms with Gasteiger partial charge in [0.2, 0.25) is 0 Å². The third-order valence-electron chi connectivity index (χ3n) is 4.12. The van der Waals surface area contributed by atoms with Gasteiger partial charge in [-0.1, -0.05) is 18.2 Å². The Morgan fingerprint density at radius 1 is 0.963 bits per heavy atom. The first kappa shape index (κ1) is 18.4. The van der Waals surface area contributed by atoms with Crippen LogP contribution < -0.4 is 15.5 Å². The van der Waals surface area contributed by atoms with Crippen molar-refractivity contribution in [2.75, 3.05) is 29.6 Å². The topological polar surface area (TPSA) is 70.2 Å². The van der Waals surface area contributed by atoms with Gasteiger partial charge >= 0.3 is 0 Å². The SMILES string of the molecule is Cc1nc(Nc2ccc(N(C)C)cc2)cc(C(=O)Nc2ccccc2C)n1. The summed E-state index contributed by atoms with van der Waals surface area (Å²) in [5.74, 6) is 0.843. The maximum atomic E-state index is 12.6. The van der Waals surface area contributed by atoms with E-state index in [1.165, 1.54) is 0 Å². The minimum absolute atomic E-state index is 0.263. The molecule has 6 nitrogen and oxygen atoms in total. The Bertz CT molecular complexity index is 951. The van der Waals surface area contributed by atoms with Crippen molar-refractivity contribution in [1.82, 2.24) is 9.97 Å². The van der Waals surface area contributed by atoms with E-state index in [1.807, 2.05) is 74.4 Å². The van der Waals surface area contributed by atoms with E-state index >= 15 is 0 Å². The van der Waals surface area contributed by atoms with Crippen LogP contribution in [0.2, 0.25) is 0 Å². The number of carbonyl (C=O) groups excluding carboxylic acids is 1. The molecule has 6 heteroatoms. The number of hydrogen-bond acceptors (Lipinski definition) is 5. The summed E-state index contributed by atoms with van der Waals surface area (Å²) in [5.41, 5.74) is 4.09. The molecule has 0 saturated heterocycles. The molecule has 0 aliphatic heterocycles. The Balaban J connectivity index is 1.79. The van der Waals surface area contributed by atoms with Crippen LogP contribution in [0.5, 0.6) is 0 Å². The first-order chi connectivity index (χ1) is 12.9. The molecule has 1 amide bonds. The van der Waals surface area contributed by atoms with Crippen LogP contribution in [0.15, 0.2) is 54.6 Å². The predicted molar refractivity (Wildman–Crippen MR) is 110 cm³/mol. The molecule has 1 heterocycles. The Morgan fingerprint density at radius 2 is 1.67 bits per heavy atom. The fourth-order valence-corrected chi connectivity index (χ4v) is 2.64. The summed E-state index contributed by atoms with van der Waals surface area (Å²) in [6, 6.07) is 17.3. The predicted octanol–water partition coefficient (Wildman–Crippen LogP) is 4.16. The number of benzene rings is 2. The van der Waals surface area contributed by atoms with E-state index in [4.69, 9.17) is 0 Å². The number of rotatable bonds is 5. The van der Waals surface area contributed by atoms with Crippen molar-refractivity contribution in [1.29, 1.82) is 0 Å². The maximum absolute atomic E-state index is 12.6. The molecule has 2 aromatic carbocycles. The van der Waals surface area contributed by atoms with Gasteiger partial charge in [0.1, 0.15) is 17.3 Å². The van der Waals surface area contributed by atoms with Crippen LogP contribution in [0.25, 0.3) is 0 Å². The molecule has 2 N–H and O–H groups in total. The minimum atomic E-state index is -0.263. The molecule has 0 aliphatic rings. The van der Waals surface area contributed by atoms with Crippen LogP contribution in [0.1, 0.15) is 21.9 Å². The molecule has 3 aromatic rings. The van der Waals surface area contributed by atoms with Gasteiger partial charge in [-0.3, -0.25) is 4.79 Å². The summed E-state index contributed by atoms with van der Waals surface area (Å²) in [4.78, 5) is 23.3. The van der Waals surface area contributed by atoms with E-state index in [-0.39, 0.29) is 5.91 Å². The number of nitrogens with one attached hydrogen (secondary N) is 2. The largest absolute Gasteiger partial charge is 0.378 e. The summed E-state index contributed by atoms with van der Waals surface area (Å²) >= 11 is 0. The van der Waals surface area contributed by atoms with Gasteiger partial charge in [0.05, 0.1) is 0 Å². The lowest BCUT2D eigenvalue weighted by Gasteiger charge is -2.13. The monoisotopic (exact) mass is 361 g/mol. The molecule has 0 unspecified atom stereocenters. The van der Waals surface area contributed by atoms with Crippen molar-refractivity contribution < 1.29 is 4.79 Å². The van der Waals surface area contributed by atoms with E-state index in [0.717, 1.165) is 22.6 Å². The average molecular weight is 361 g/mol. The van der Waals surface area contributed by atoms with Crippen LogP contribution in [0.4, 0.5) is 22.9 Å². The van der Waals surface area contributed by atoms with Gasteiger partial charge in [-0.15, -0.1) is 0 Å². The van der Waals surface area contributed by atoms with E-state index in [2.05, 4.69) is 20.6 Å². The van der Waals surface area contributed by atoms with Gasteiger partial charge in [0, 0.05) is 37.2 Å². The third-order valence-corrected chi connectivity index (χ3v) is 4.12. The molecule has 0 fully saturated rings. The van der Waals surface area contributed by atoms with Gasteiger partial charge in [0.15, 0.2) is 0 Å². The highest BCUT2D eigenvalue weighted by Crippen LogP contribution is 2.20. The maximum Gasteiger partial charge on any atom is 0.274 e. The Morgan fingerprint density at radius 3 is 2.33 bits per heavy atom. The fourth-order valence-electron chi connectivity index (χ4n) is 2.64. The number of anilines is 4. The molecule has 0 atom stereocenters. The molecule has 0 aliphatic carbocycles. The standard InChI is InChI=1S/C21H23N5O/c1-14-7-5-6-8-18(14)25-21(27)19-13-20(23-15(2)22-19)24-16-9-11-17(12-10-16)26(3)4/h5-13H,1-4H3,(H,25,27)(H,22,23,24). The van der Waals surface area contributed by atoms with Crippen molar-refractivity contribution in [2.45, 2.75) is 13.8 Å². The van der Waals surface area contributed by atoms with Crippen LogP contribution >= 0.6 is 0 Å². The molecule has 3 rings (SSSR count). The van der Waals surface area contributed by atoms with Crippen molar-refractivity contribution in [3.8, 4) is 0 Å². The van der Waals surface area contributed by atoms with Crippen LogP contribution in [0, 0.1) is 13.8 Å². The highest BCUT2D eigenvalue weighted by molar-refractivity contribution is 6.03. The van der Waals surface area contributed by atoms with Crippen molar-refractivity contribution in [2.24, 2.45) is 0 Å². The lowest BCUT2D eigenvalue weighted by Crippen LogP contribution is -2.16. The molecule has 0 saturated carbocycles. The van der Waals surface area contributed by atoms with Crippen molar-refractivity contribution >= 4 is 28.8 Å². The lowest BCUT2D eigenvalue weighted by molar-refractivity contribution is 0.102. The highest BCUT2D eigenvalue weighted by Gasteiger charge is 2.12. The van der Waals surface area contributed by atoms with E-state index < -0.39 is 0 Å². The number of nitrogens with zero attached hydrogens (tertiary/aromatic N) is 3. The summed E-state index contributed by atoms with van der Waals surface area (Å²) in [6.45, 7) is 3.72. The van der Waals surface area contributed by atoms with Gasteiger partial charge in [-0.25, -0.2) is 9.97 Å². The fraction of sp³-hybridized carbons (Fsp3) is 0.190. The number of aryl methyl sites for hydroxylation is 2. The molecule has 138 valence electrons. The smallest absolute Gasteiger partial charge is 0.274 e. The Hall–Kier alpha value is -3.41. The van der Waals surface area contributed by atoms with E-state index in [9.17, 15) is 4.79 Å². The molecule has 0 radical (unpaired) electrons. The highest BCUT2D eigenvalue weighted by atomic mass is 16.1. The number of amides is 1. The second kappa shape index (κ2) is 7.86. The molecule has 1 aromatic heterocycles. The van der Waals surface area contributed by atoms with Crippen molar-refractivity contribution in [3.63, 3.8) is 0 Å². The Kier molecular flexibility index (Phi) is 5.35. The molecular weight excluding hydrogens is 338 g/mol. The zero-order valence-corrected chi connectivity index (χ0v) is 15.9. The number of carbonyl (C=O) groups is 1. The zero-order valence-electron chi connectivity index (χ0n) is 15.9. The molecule has 0 spiro atoms. The number of hydrogen-bond donors (Lipinski definition) is 2.